The van der Waals surface area contributed by atoms with E-state index in [9.17, 15) is 0 Å². The molecule has 100 valence electrons. The number of hydrogen-bond acceptors (Lipinski definition) is 5. The Hall–Kier alpha value is -1.46. The first-order chi connectivity index (χ1) is 9.15. The Labute approximate surface area is 116 Å². The Morgan fingerprint density at radius 3 is 2.74 bits per heavy atom. The lowest BCUT2D eigenvalue weighted by Crippen LogP contribution is -2.16. The van der Waals surface area contributed by atoms with Crippen molar-refractivity contribution in [2.75, 3.05) is 18.9 Å². The molecule has 2 N–H and O–H groups in total. The summed E-state index contributed by atoms with van der Waals surface area (Å²) in [6.45, 7) is 3.32. The molecule has 3 rings (SSSR count). The van der Waals surface area contributed by atoms with Gasteiger partial charge in [0.15, 0.2) is 5.65 Å². The van der Waals surface area contributed by atoms with Crippen molar-refractivity contribution in [1.29, 1.82) is 0 Å². The van der Waals surface area contributed by atoms with Gasteiger partial charge in [-0.05, 0) is 37.3 Å². The first-order valence-corrected chi connectivity index (χ1v) is 6.71. The highest BCUT2D eigenvalue weighted by Crippen LogP contribution is 2.33. The standard InChI is InChI=1S/C13H15ClN4O/c1-7-16-11(14)10-6-9(8-2-4-19-5-3-8)12(15)18-13(10)17-7/h6,8H,2-5H2,1H3,(H2,15,16,17,18). The second-order valence-corrected chi connectivity index (χ2v) is 5.14. The van der Waals surface area contributed by atoms with E-state index in [0.29, 0.717) is 28.4 Å². The molecule has 3 heterocycles. The van der Waals surface area contributed by atoms with Crippen LogP contribution in [0.2, 0.25) is 5.15 Å². The average Bonchev–Trinajstić information content (AvgIpc) is 2.38. The molecule has 6 heteroatoms. The minimum absolute atomic E-state index is 0.378. The van der Waals surface area contributed by atoms with Crippen molar-refractivity contribution in [3.8, 4) is 0 Å². The summed E-state index contributed by atoms with van der Waals surface area (Å²) in [5.41, 5.74) is 7.66. The zero-order chi connectivity index (χ0) is 13.4. The summed E-state index contributed by atoms with van der Waals surface area (Å²) in [5.74, 6) is 1.51. The summed E-state index contributed by atoms with van der Waals surface area (Å²) in [6.07, 6.45) is 1.92. The number of ether oxygens (including phenoxy) is 1. The quantitative estimate of drug-likeness (QED) is 0.811. The molecule has 1 fully saturated rings. The highest BCUT2D eigenvalue weighted by Gasteiger charge is 2.20. The Morgan fingerprint density at radius 2 is 2.00 bits per heavy atom. The van der Waals surface area contributed by atoms with E-state index in [1.807, 2.05) is 6.07 Å². The van der Waals surface area contributed by atoms with Crippen LogP contribution in [0.25, 0.3) is 11.0 Å². The highest BCUT2D eigenvalue weighted by molar-refractivity contribution is 6.33. The normalized spacial score (nSPS) is 16.9. The molecule has 0 saturated carbocycles. The highest BCUT2D eigenvalue weighted by atomic mass is 35.5. The van der Waals surface area contributed by atoms with E-state index >= 15 is 0 Å². The zero-order valence-electron chi connectivity index (χ0n) is 10.7. The number of nitrogens with two attached hydrogens (primary N) is 1. The number of pyridine rings is 1. The fourth-order valence-electron chi connectivity index (χ4n) is 2.49. The fraction of sp³-hybridized carbons (Fsp3) is 0.462. The van der Waals surface area contributed by atoms with Gasteiger partial charge in [0, 0.05) is 13.2 Å². The monoisotopic (exact) mass is 278 g/mol. The van der Waals surface area contributed by atoms with Crippen molar-refractivity contribution in [3.05, 3.63) is 22.6 Å². The molecule has 19 heavy (non-hydrogen) atoms. The van der Waals surface area contributed by atoms with E-state index in [1.54, 1.807) is 6.92 Å². The fourth-order valence-corrected chi connectivity index (χ4v) is 2.75. The van der Waals surface area contributed by atoms with Crippen molar-refractivity contribution < 1.29 is 4.74 Å². The van der Waals surface area contributed by atoms with Crippen LogP contribution in [0.5, 0.6) is 0 Å². The molecule has 0 radical (unpaired) electrons. The molecule has 0 spiro atoms. The largest absolute Gasteiger partial charge is 0.383 e. The van der Waals surface area contributed by atoms with Crippen LogP contribution in [0.15, 0.2) is 6.07 Å². The lowest BCUT2D eigenvalue weighted by atomic mass is 9.91. The molecule has 5 nitrogen and oxygen atoms in total. The minimum atomic E-state index is 0.378. The smallest absolute Gasteiger partial charge is 0.166 e. The zero-order valence-corrected chi connectivity index (χ0v) is 11.4. The maximum Gasteiger partial charge on any atom is 0.166 e. The number of aryl methyl sites for hydroxylation is 1. The van der Waals surface area contributed by atoms with Gasteiger partial charge >= 0.3 is 0 Å². The lowest BCUT2D eigenvalue weighted by Gasteiger charge is -2.23. The maximum absolute atomic E-state index is 6.17. The molecular weight excluding hydrogens is 264 g/mol. The van der Waals surface area contributed by atoms with Crippen LogP contribution in [0.4, 0.5) is 5.82 Å². The predicted molar refractivity (Wildman–Crippen MR) is 74.3 cm³/mol. The molecule has 0 atom stereocenters. The maximum atomic E-state index is 6.17. The average molecular weight is 279 g/mol. The third kappa shape index (κ3) is 2.35. The summed E-state index contributed by atoms with van der Waals surface area (Å²) < 4.78 is 5.38. The number of nitrogen functional groups attached to an aromatic ring is 1. The van der Waals surface area contributed by atoms with Gasteiger partial charge in [0.25, 0.3) is 0 Å². The Balaban J connectivity index is 2.12. The van der Waals surface area contributed by atoms with Gasteiger partial charge in [0.2, 0.25) is 0 Å². The third-order valence-electron chi connectivity index (χ3n) is 3.47. The first kappa shape index (κ1) is 12.6. The molecule has 0 bridgehead atoms. The molecule has 1 aliphatic rings. The summed E-state index contributed by atoms with van der Waals surface area (Å²) in [5, 5.41) is 1.20. The van der Waals surface area contributed by atoms with E-state index in [1.165, 1.54) is 0 Å². The second kappa shape index (κ2) is 4.90. The molecule has 2 aromatic rings. The predicted octanol–water partition coefficient (Wildman–Crippen LogP) is 2.46. The third-order valence-corrected chi connectivity index (χ3v) is 3.76. The van der Waals surface area contributed by atoms with Gasteiger partial charge in [0.1, 0.15) is 16.8 Å². The van der Waals surface area contributed by atoms with Gasteiger partial charge in [0.05, 0.1) is 5.39 Å². The Bertz CT molecular complexity index is 626. The van der Waals surface area contributed by atoms with Crippen molar-refractivity contribution in [2.24, 2.45) is 0 Å². The number of nitrogens with zero attached hydrogens (tertiary/aromatic N) is 3. The van der Waals surface area contributed by atoms with E-state index in [0.717, 1.165) is 37.0 Å². The van der Waals surface area contributed by atoms with Gasteiger partial charge in [-0.15, -0.1) is 0 Å². The molecular formula is C13H15ClN4O. The molecule has 0 unspecified atom stereocenters. The van der Waals surface area contributed by atoms with Crippen LogP contribution >= 0.6 is 11.6 Å². The number of rotatable bonds is 1. The molecule has 0 aromatic carbocycles. The second-order valence-electron chi connectivity index (χ2n) is 4.78. The first-order valence-electron chi connectivity index (χ1n) is 6.33. The number of halogens is 1. The number of aromatic nitrogens is 3. The molecule has 2 aromatic heterocycles. The molecule has 1 saturated heterocycles. The summed E-state index contributed by atoms with van der Waals surface area (Å²) in [4.78, 5) is 12.8. The van der Waals surface area contributed by atoms with Gasteiger partial charge in [-0.3, -0.25) is 0 Å². The molecule has 0 amide bonds. The van der Waals surface area contributed by atoms with Crippen molar-refractivity contribution in [3.63, 3.8) is 0 Å². The SMILES string of the molecule is Cc1nc(Cl)c2cc(C3CCOCC3)c(N)nc2n1. The van der Waals surface area contributed by atoms with E-state index in [2.05, 4.69) is 15.0 Å². The summed E-state index contributed by atoms with van der Waals surface area (Å²) in [7, 11) is 0. The summed E-state index contributed by atoms with van der Waals surface area (Å²) >= 11 is 6.17. The van der Waals surface area contributed by atoms with Crippen LogP contribution in [0, 0.1) is 6.92 Å². The minimum Gasteiger partial charge on any atom is -0.383 e. The van der Waals surface area contributed by atoms with Crippen LogP contribution in [-0.4, -0.2) is 28.2 Å². The van der Waals surface area contributed by atoms with Crippen molar-refractivity contribution in [2.45, 2.75) is 25.7 Å². The number of anilines is 1. The number of fused-ring (bicyclic) bond motifs is 1. The van der Waals surface area contributed by atoms with Crippen LogP contribution in [-0.2, 0) is 4.74 Å². The van der Waals surface area contributed by atoms with Gasteiger partial charge in [-0.1, -0.05) is 11.6 Å². The topological polar surface area (TPSA) is 73.9 Å². The van der Waals surface area contributed by atoms with Gasteiger partial charge < -0.3 is 10.5 Å². The van der Waals surface area contributed by atoms with E-state index in [-0.39, 0.29) is 0 Å². The van der Waals surface area contributed by atoms with Gasteiger partial charge in [-0.25, -0.2) is 15.0 Å². The van der Waals surface area contributed by atoms with E-state index in [4.69, 9.17) is 22.1 Å². The lowest BCUT2D eigenvalue weighted by molar-refractivity contribution is 0.0854. The molecule has 1 aliphatic heterocycles. The Morgan fingerprint density at radius 1 is 1.26 bits per heavy atom. The Kier molecular flexibility index (Phi) is 3.24. The van der Waals surface area contributed by atoms with E-state index < -0.39 is 0 Å². The van der Waals surface area contributed by atoms with Crippen molar-refractivity contribution in [1.82, 2.24) is 15.0 Å². The molecule has 0 aliphatic carbocycles. The summed E-state index contributed by atoms with van der Waals surface area (Å²) in [6, 6.07) is 1.98. The van der Waals surface area contributed by atoms with Gasteiger partial charge in [-0.2, -0.15) is 0 Å². The van der Waals surface area contributed by atoms with Crippen molar-refractivity contribution >= 4 is 28.5 Å². The number of hydrogen-bond donors (Lipinski definition) is 1. The van der Waals surface area contributed by atoms with Crippen LogP contribution in [0.3, 0.4) is 0 Å². The van der Waals surface area contributed by atoms with Crippen LogP contribution < -0.4 is 5.73 Å². The van der Waals surface area contributed by atoms with Crippen LogP contribution in [0.1, 0.15) is 30.1 Å².